The molecular formula is C5H7NO3. The Hall–Kier alpha value is -1.03. The molecule has 0 saturated carbocycles. The summed E-state index contributed by atoms with van der Waals surface area (Å²) >= 11 is 0. The van der Waals surface area contributed by atoms with Gasteiger partial charge in [0.05, 0.1) is 6.61 Å². The molecule has 0 bridgehead atoms. The molecule has 1 rings (SSSR count). The van der Waals surface area contributed by atoms with Crippen LogP contribution in [0.1, 0.15) is 0 Å². The fourth-order valence-electron chi connectivity index (χ4n) is 0.565. The topological polar surface area (TPSA) is 58.6 Å². The van der Waals surface area contributed by atoms with Crippen LogP contribution in [0.15, 0.2) is 11.8 Å². The van der Waals surface area contributed by atoms with Gasteiger partial charge in [0.1, 0.15) is 12.4 Å². The molecule has 0 aromatic carbocycles. The van der Waals surface area contributed by atoms with Gasteiger partial charge in [-0.2, -0.15) is 0 Å². The molecule has 1 aliphatic heterocycles. The lowest BCUT2D eigenvalue weighted by molar-refractivity contribution is -0.133. The monoisotopic (exact) mass is 129 g/mol. The van der Waals surface area contributed by atoms with Crippen LogP contribution >= 0.6 is 0 Å². The second-order valence-electron chi connectivity index (χ2n) is 1.61. The molecule has 0 fully saturated rings. The van der Waals surface area contributed by atoms with Gasteiger partial charge >= 0.3 is 5.97 Å². The number of carboxylic acid groups (broad SMARTS) is 1. The second-order valence-corrected chi connectivity index (χ2v) is 1.61. The van der Waals surface area contributed by atoms with Crippen molar-refractivity contribution in [2.75, 3.05) is 13.3 Å². The van der Waals surface area contributed by atoms with E-state index < -0.39 is 5.97 Å². The van der Waals surface area contributed by atoms with E-state index >= 15 is 0 Å². The van der Waals surface area contributed by atoms with E-state index in [1.165, 1.54) is 6.08 Å². The summed E-state index contributed by atoms with van der Waals surface area (Å²) in [6.07, 6.45) is 1.49. The maximum atomic E-state index is 10.2. The van der Waals surface area contributed by atoms with E-state index in [0.29, 0.717) is 6.61 Å². The molecule has 0 spiro atoms. The smallest absolute Gasteiger partial charge is 0.351 e. The standard InChI is InChI=1S/C5H7NO3/c7-5(8)4-1-2-9-3-6-4/h1,6H,2-3H2,(H,7,8). The van der Waals surface area contributed by atoms with Crippen LogP contribution in [0.4, 0.5) is 0 Å². The summed E-state index contributed by atoms with van der Waals surface area (Å²) in [7, 11) is 0. The summed E-state index contributed by atoms with van der Waals surface area (Å²) in [5, 5.41) is 10.9. The summed E-state index contributed by atoms with van der Waals surface area (Å²) in [5.74, 6) is -0.932. The van der Waals surface area contributed by atoms with Gasteiger partial charge in [-0.1, -0.05) is 0 Å². The number of nitrogens with one attached hydrogen (secondary N) is 1. The summed E-state index contributed by atoms with van der Waals surface area (Å²) in [5.41, 5.74) is 0.223. The number of ether oxygens (including phenoxy) is 1. The predicted molar refractivity (Wildman–Crippen MR) is 29.7 cm³/mol. The Labute approximate surface area is 52.1 Å². The molecule has 9 heavy (non-hydrogen) atoms. The van der Waals surface area contributed by atoms with E-state index in [2.05, 4.69) is 5.32 Å². The van der Waals surface area contributed by atoms with Gasteiger partial charge in [-0.05, 0) is 6.08 Å². The number of hydrogen-bond donors (Lipinski definition) is 2. The lowest BCUT2D eigenvalue weighted by Gasteiger charge is -2.11. The third kappa shape index (κ3) is 1.43. The van der Waals surface area contributed by atoms with Crippen LogP contribution in [0.3, 0.4) is 0 Å². The Kier molecular flexibility index (Phi) is 1.69. The van der Waals surface area contributed by atoms with E-state index in [1.807, 2.05) is 0 Å². The van der Waals surface area contributed by atoms with Crippen molar-refractivity contribution in [2.45, 2.75) is 0 Å². The molecule has 1 heterocycles. The SMILES string of the molecule is O=C(O)C1=CCOCN1. The Balaban J connectivity index is 2.57. The highest BCUT2D eigenvalue weighted by Crippen LogP contribution is 1.94. The van der Waals surface area contributed by atoms with Gasteiger partial charge in [0.15, 0.2) is 0 Å². The fourth-order valence-corrected chi connectivity index (χ4v) is 0.565. The second kappa shape index (κ2) is 2.50. The van der Waals surface area contributed by atoms with Crippen LogP contribution in [0.2, 0.25) is 0 Å². The molecule has 50 valence electrons. The summed E-state index contributed by atoms with van der Waals surface area (Å²) in [6.45, 7) is 0.673. The third-order valence-corrected chi connectivity index (χ3v) is 1.00. The van der Waals surface area contributed by atoms with Crippen LogP contribution in [-0.2, 0) is 9.53 Å². The Morgan fingerprint density at radius 1 is 1.89 bits per heavy atom. The fraction of sp³-hybridized carbons (Fsp3) is 0.400. The van der Waals surface area contributed by atoms with Crippen molar-refractivity contribution in [2.24, 2.45) is 0 Å². The van der Waals surface area contributed by atoms with Gasteiger partial charge < -0.3 is 15.2 Å². The molecule has 0 saturated heterocycles. The molecule has 2 N–H and O–H groups in total. The first-order valence-electron chi connectivity index (χ1n) is 2.56. The maximum absolute atomic E-state index is 10.2. The van der Waals surface area contributed by atoms with Gasteiger partial charge in [-0.25, -0.2) is 4.79 Å². The minimum atomic E-state index is -0.932. The third-order valence-electron chi connectivity index (χ3n) is 1.00. The van der Waals surface area contributed by atoms with E-state index in [0.717, 1.165) is 0 Å². The van der Waals surface area contributed by atoms with Gasteiger partial charge in [0.2, 0.25) is 0 Å². The molecule has 4 heteroatoms. The number of rotatable bonds is 1. The first kappa shape index (κ1) is 6.10. The highest BCUT2D eigenvalue weighted by atomic mass is 16.5. The zero-order valence-corrected chi connectivity index (χ0v) is 4.76. The molecule has 0 unspecified atom stereocenters. The molecule has 0 radical (unpaired) electrons. The molecule has 1 aliphatic rings. The van der Waals surface area contributed by atoms with E-state index in [4.69, 9.17) is 9.84 Å². The van der Waals surface area contributed by atoms with Crippen molar-refractivity contribution in [1.82, 2.24) is 5.32 Å². The van der Waals surface area contributed by atoms with Crippen molar-refractivity contribution in [3.05, 3.63) is 11.8 Å². The number of aliphatic carboxylic acids is 1. The number of hydrogen-bond acceptors (Lipinski definition) is 3. The van der Waals surface area contributed by atoms with Crippen molar-refractivity contribution < 1.29 is 14.6 Å². The molecule has 0 aromatic heterocycles. The predicted octanol–water partition coefficient (Wildman–Crippen LogP) is -0.468. The normalized spacial score (nSPS) is 18.0. The van der Waals surface area contributed by atoms with Crippen molar-refractivity contribution in [1.29, 1.82) is 0 Å². The highest BCUT2D eigenvalue weighted by molar-refractivity contribution is 5.85. The van der Waals surface area contributed by atoms with Crippen molar-refractivity contribution in [3.63, 3.8) is 0 Å². The Morgan fingerprint density at radius 2 is 2.67 bits per heavy atom. The van der Waals surface area contributed by atoms with E-state index in [9.17, 15) is 4.79 Å². The lowest BCUT2D eigenvalue weighted by atomic mass is 10.4. The zero-order chi connectivity index (χ0) is 6.69. The average molecular weight is 129 g/mol. The van der Waals surface area contributed by atoms with E-state index in [1.54, 1.807) is 0 Å². The van der Waals surface area contributed by atoms with Crippen molar-refractivity contribution in [3.8, 4) is 0 Å². The summed E-state index contributed by atoms with van der Waals surface area (Å²) in [6, 6.07) is 0. The van der Waals surface area contributed by atoms with Crippen LogP contribution in [0.25, 0.3) is 0 Å². The van der Waals surface area contributed by atoms with Crippen molar-refractivity contribution >= 4 is 5.97 Å². The molecule has 4 nitrogen and oxygen atoms in total. The molecule has 0 atom stereocenters. The Morgan fingerprint density at radius 3 is 3.00 bits per heavy atom. The minimum absolute atomic E-state index is 0.223. The van der Waals surface area contributed by atoms with Crippen LogP contribution < -0.4 is 5.32 Å². The van der Waals surface area contributed by atoms with Crippen LogP contribution in [-0.4, -0.2) is 24.4 Å². The minimum Gasteiger partial charge on any atom is -0.477 e. The Bertz CT molecular complexity index is 152. The van der Waals surface area contributed by atoms with E-state index in [-0.39, 0.29) is 12.4 Å². The molecule has 0 aliphatic carbocycles. The number of carbonyl (C=O) groups is 1. The number of carboxylic acids is 1. The zero-order valence-electron chi connectivity index (χ0n) is 4.76. The first-order chi connectivity index (χ1) is 4.30. The largest absolute Gasteiger partial charge is 0.477 e. The van der Waals surface area contributed by atoms with Gasteiger partial charge in [-0.3, -0.25) is 0 Å². The average Bonchev–Trinajstić information content (AvgIpc) is 1.90. The summed E-state index contributed by atoms with van der Waals surface area (Å²) < 4.78 is 4.80. The van der Waals surface area contributed by atoms with Crippen LogP contribution in [0.5, 0.6) is 0 Å². The van der Waals surface area contributed by atoms with Gasteiger partial charge in [0.25, 0.3) is 0 Å². The highest BCUT2D eigenvalue weighted by Gasteiger charge is 2.07. The molecule has 0 amide bonds. The molecular weight excluding hydrogens is 122 g/mol. The first-order valence-corrected chi connectivity index (χ1v) is 2.56. The lowest BCUT2D eigenvalue weighted by Crippen LogP contribution is -2.27. The van der Waals surface area contributed by atoms with Gasteiger partial charge in [-0.15, -0.1) is 0 Å². The summed E-state index contributed by atoms with van der Waals surface area (Å²) in [4.78, 5) is 10.2. The molecule has 0 aromatic rings. The maximum Gasteiger partial charge on any atom is 0.351 e. The van der Waals surface area contributed by atoms with Gasteiger partial charge in [0, 0.05) is 0 Å². The quantitative estimate of drug-likeness (QED) is 0.502. The van der Waals surface area contributed by atoms with Crippen LogP contribution in [0, 0.1) is 0 Å².